The molecule has 0 bridgehead atoms. The van der Waals surface area contributed by atoms with Gasteiger partial charge in [-0.05, 0) is 44.0 Å². The lowest BCUT2D eigenvalue weighted by molar-refractivity contribution is 0.430. The highest BCUT2D eigenvalue weighted by atomic mass is 32.2. The second-order valence-corrected chi connectivity index (χ2v) is 5.17. The molecule has 0 aliphatic carbocycles. The minimum Gasteiger partial charge on any atom is -0.313 e. The van der Waals surface area contributed by atoms with E-state index in [4.69, 9.17) is 0 Å². The van der Waals surface area contributed by atoms with Gasteiger partial charge in [0, 0.05) is 18.0 Å². The summed E-state index contributed by atoms with van der Waals surface area (Å²) >= 11 is 1.87. The van der Waals surface area contributed by atoms with Gasteiger partial charge in [0.15, 0.2) is 0 Å². The number of thioether (sulfide) groups is 1. The molecule has 1 saturated heterocycles. The van der Waals surface area contributed by atoms with Crippen LogP contribution in [0.4, 0.5) is 0 Å². The van der Waals surface area contributed by atoms with Crippen molar-refractivity contribution in [2.75, 3.05) is 12.3 Å². The third kappa shape index (κ3) is 3.50. The Kier molecular flexibility index (Phi) is 4.03. The average Bonchev–Trinajstić information content (AvgIpc) is 2.28. The van der Waals surface area contributed by atoms with Crippen molar-refractivity contribution in [3.63, 3.8) is 0 Å². The molecule has 1 aromatic heterocycles. The zero-order valence-corrected chi connectivity index (χ0v) is 10.0. The van der Waals surface area contributed by atoms with E-state index in [1.54, 1.807) is 0 Å². The van der Waals surface area contributed by atoms with Crippen LogP contribution in [0.5, 0.6) is 0 Å². The first-order chi connectivity index (χ1) is 7.34. The Morgan fingerprint density at radius 3 is 3.20 bits per heavy atom. The van der Waals surface area contributed by atoms with Gasteiger partial charge < -0.3 is 5.32 Å². The predicted molar refractivity (Wildman–Crippen MR) is 65.3 cm³/mol. The van der Waals surface area contributed by atoms with Crippen LogP contribution in [0.25, 0.3) is 0 Å². The number of pyridine rings is 1. The van der Waals surface area contributed by atoms with Gasteiger partial charge in [0.05, 0.1) is 5.03 Å². The Balaban J connectivity index is 1.81. The van der Waals surface area contributed by atoms with E-state index in [1.165, 1.54) is 31.4 Å². The molecule has 2 nitrogen and oxygen atoms in total. The lowest BCUT2D eigenvalue weighted by Crippen LogP contribution is -2.35. The van der Waals surface area contributed by atoms with E-state index in [9.17, 15) is 0 Å². The van der Waals surface area contributed by atoms with E-state index in [0.717, 1.165) is 10.8 Å². The van der Waals surface area contributed by atoms with Crippen LogP contribution in [0.2, 0.25) is 0 Å². The number of nitrogens with zero attached hydrogens (tertiary/aromatic N) is 1. The third-order valence-corrected chi connectivity index (χ3v) is 3.82. The Hall–Kier alpha value is -0.540. The van der Waals surface area contributed by atoms with Crippen LogP contribution in [0, 0.1) is 6.92 Å². The first-order valence-corrected chi connectivity index (χ1v) is 6.62. The molecule has 0 aromatic carbocycles. The van der Waals surface area contributed by atoms with Crippen molar-refractivity contribution in [2.24, 2.45) is 0 Å². The van der Waals surface area contributed by atoms with Crippen LogP contribution < -0.4 is 5.32 Å². The van der Waals surface area contributed by atoms with Crippen LogP contribution in [0.3, 0.4) is 0 Å². The standard InChI is InChI=1S/C12H18N2S/c1-10-5-7-14-12(8-10)15-9-11-4-2-3-6-13-11/h5,7-8,11,13H,2-4,6,9H2,1H3. The van der Waals surface area contributed by atoms with Gasteiger partial charge in [0.2, 0.25) is 0 Å². The molecule has 3 heteroatoms. The number of hydrogen-bond donors (Lipinski definition) is 1. The minimum absolute atomic E-state index is 0.686. The molecule has 0 spiro atoms. The minimum atomic E-state index is 0.686. The zero-order chi connectivity index (χ0) is 10.5. The van der Waals surface area contributed by atoms with E-state index in [-0.39, 0.29) is 0 Å². The number of hydrogen-bond acceptors (Lipinski definition) is 3. The summed E-state index contributed by atoms with van der Waals surface area (Å²) in [4.78, 5) is 4.36. The van der Waals surface area contributed by atoms with Crippen LogP contribution in [-0.4, -0.2) is 23.3 Å². The van der Waals surface area contributed by atoms with E-state index in [2.05, 4.69) is 23.3 Å². The van der Waals surface area contributed by atoms with Gasteiger partial charge in [-0.25, -0.2) is 4.98 Å². The number of nitrogens with one attached hydrogen (secondary N) is 1. The molecule has 1 aliphatic heterocycles. The largest absolute Gasteiger partial charge is 0.313 e. The molecule has 15 heavy (non-hydrogen) atoms. The van der Waals surface area contributed by atoms with Crippen LogP contribution >= 0.6 is 11.8 Å². The maximum Gasteiger partial charge on any atom is 0.0962 e. The van der Waals surface area contributed by atoms with E-state index in [1.807, 2.05) is 24.0 Å². The monoisotopic (exact) mass is 222 g/mol. The smallest absolute Gasteiger partial charge is 0.0962 e. The summed E-state index contributed by atoms with van der Waals surface area (Å²) in [6, 6.07) is 4.89. The summed E-state index contributed by atoms with van der Waals surface area (Å²) in [5, 5.41) is 4.71. The summed E-state index contributed by atoms with van der Waals surface area (Å²) in [6.07, 6.45) is 5.92. The Labute approximate surface area is 95.9 Å². The SMILES string of the molecule is Cc1ccnc(SCC2CCCCN2)c1. The molecule has 1 aliphatic rings. The summed E-state index contributed by atoms with van der Waals surface area (Å²) < 4.78 is 0. The molecular weight excluding hydrogens is 204 g/mol. The van der Waals surface area contributed by atoms with Crippen molar-refractivity contribution < 1.29 is 0 Å². The Morgan fingerprint density at radius 2 is 2.47 bits per heavy atom. The van der Waals surface area contributed by atoms with Crippen LogP contribution in [-0.2, 0) is 0 Å². The Bertz CT molecular complexity index is 308. The lowest BCUT2D eigenvalue weighted by atomic mass is 10.1. The van der Waals surface area contributed by atoms with Crippen LogP contribution in [0.15, 0.2) is 23.4 Å². The molecule has 0 amide bonds. The summed E-state index contributed by atoms with van der Waals surface area (Å²) in [6.45, 7) is 3.30. The van der Waals surface area contributed by atoms with Gasteiger partial charge in [-0.3, -0.25) is 0 Å². The van der Waals surface area contributed by atoms with Crippen molar-refractivity contribution in [1.82, 2.24) is 10.3 Å². The molecule has 2 heterocycles. The normalized spacial score (nSPS) is 21.5. The fraction of sp³-hybridized carbons (Fsp3) is 0.583. The Morgan fingerprint density at radius 1 is 1.53 bits per heavy atom. The van der Waals surface area contributed by atoms with E-state index < -0.39 is 0 Å². The fourth-order valence-corrected chi connectivity index (χ4v) is 2.90. The molecule has 1 N–H and O–H groups in total. The maximum atomic E-state index is 4.36. The van der Waals surface area contributed by atoms with Crippen molar-refractivity contribution in [3.05, 3.63) is 23.9 Å². The van der Waals surface area contributed by atoms with Gasteiger partial charge in [-0.2, -0.15) is 0 Å². The van der Waals surface area contributed by atoms with Crippen molar-refractivity contribution in [3.8, 4) is 0 Å². The quantitative estimate of drug-likeness (QED) is 0.796. The molecule has 1 unspecified atom stereocenters. The molecule has 1 fully saturated rings. The van der Waals surface area contributed by atoms with Crippen molar-refractivity contribution >= 4 is 11.8 Å². The molecule has 1 aromatic rings. The van der Waals surface area contributed by atoms with Gasteiger partial charge in [-0.15, -0.1) is 11.8 Å². The number of piperidine rings is 1. The van der Waals surface area contributed by atoms with E-state index >= 15 is 0 Å². The van der Waals surface area contributed by atoms with Gasteiger partial charge in [-0.1, -0.05) is 6.42 Å². The predicted octanol–water partition coefficient (Wildman–Crippen LogP) is 2.62. The number of aromatic nitrogens is 1. The molecule has 0 radical (unpaired) electrons. The lowest BCUT2D eigenvalue weighted by Gasteiger charge is -2.22. The van der Waals surface area contributed by atoms with Gasteiger partial charge in [0.1, 0.15) is 0 Å². The zero-order valence-electron chi connectivity index (χ0n) is 9.20. The highest BCUT2D eigenvalue weighted by Gasteiger charge is 2.12. The van der Waals surface area contributed by atoms with Crippen molar-refractivity contribution in [1.29, 1.82) is 0 Å². The summed E-state index contributed by atoms with van der Waals surface area (Å²) in [7, 11) is 0. The van der Waals surface area contributed by atoms with Gasteiger partial charge in [0.25, 0.3) is 0 Å². The number of rotatable bonds is 3. The van der Waals surface area contributed by atoms with Gasteiger partial charge >= 0.3 is 0 Å². The first kappa shape index (κ1) is 11.0. The molecular formula is C12H18N2S. The molecule has 2 rings (SSSR count). The third-order valence-electron chi connectivity index (χ3n) is 2.74. The molecule has 82 valence electrons. The number of aryl methyl sites for hydroxylation is 1. The molecule has 1 atom stereocenters. The van der Waals surface area contributed by atoms with Crippen molar-refractivity contribution in [2.45, 2.75) is 37.3 Å². The maximum absolute atomic E-state index is 4.36. The van der Waals surface area contributed by atoms with E-state index in [0.29, 0.717) is 6.04 Å². The highest BCUT2D eigenvalue weighted by Crippen LogP contribution is 2.19. The van der Waals surface area contributed by atoms with Crippen LogP contribution in [0.1, 0.15) is 24.8 Å². The first-order valence-electron chi connectivity index (χ1n) is 5.63. The summed E-state index contributed by atoms with van der Waals surface area (Å²) in [5.74, 6) is 1.15. The topological polar surface area (TPSA) is 24.9 Å². The fourth-order valence-electron chi connectivity index (χ4n) is 1.84. The average molecular weight is 222 g/mol. The molecule has 0 saturated carbocycles. The second-order valence-electron chi connectivity index (χ2n) is 4.13. The second kappa shape index (κ2) is 5.52. The highest BCUT2D eigenvalue weighted by molar-refractivity contribution is 7.99. The summed E-state index contributed by atoms with van der Waals surface area (Å²) in [5.41, 5.74) is 1.30.